The molecule has 0 aliphatic heterocycles. The molecule has 2 N–H and O–H groups in total. The number of alkyl halides is 3. The van der Waals surface area contributed by atoms with Crippen molar-refractivity contribution in [3.8, 4) is 0 Å². The molecule has 22 heavy (non-hydrogen) atoms. The molecule has 0 aliphatic rings. The molecule has 0 aliphatic carbocycles. The first-order valence-corrected chi connectivity index (χ1v) is 6.45. The summed E-state index contributed by atoms with van der Waals surface area (Å²) in [6, 6.07) is 1.37. The second-order valence-electron chi connectivity index (χ2n) is 5.08. The number of aromatic nitrogens is 1. The van der Waals surface area contributed by atoms with Crippen molar-refractivity contribution in [3.05, 3.63) is 34.2 Å². The summed E-state index contributed by atoms with van der Waals surface area (Å²) in [5, 5.41) is 0. The number of hydrogen-bond donors (Lipinski definition) is 2. The highest BCUT2D eigenvalue weighted by molar-refractivity contribution is 5.81. The Morgan fingerprint density at radius 1 is 1.18 bits per heavy atom. The monoisotopic (exact) mass is 319 g/mol. The molecule has 2 amide bonds. The standard InChI is InChI=1S/C13H16F3N3O3/c1-8(2)5-10(20)17-18-11(21)7-19-6-9(13(14,15)16)3-4-12(19)22/h3-4,6,8H,5,7H2,1-2H3,(H,17,20)(H,18,21). The van der Waals surface area contributed by atoms with Crippen LogP contribution in [0, 0.1) is 5.92 Å². The Morgan fingerprint density at radius 3 is 2.32 bits per heavy atom. The number of amides is 2. The van der Waals surface area contributed by atoms with Gasteiger partial charge in [-0.15, -0.1) is 0 Å². The molecule has 6 nitrogen and oxygen atoms in total. The van der Waals surface area contributed by atoms with Crippen LogP contribution in [0.2, 0.25) is 0 Å². The maximum absolute atomic E-state index is 12.5. The molecule has 0 radical (unpaired) electrons. The van der Waals surface area contributed by atoms with E-state index in [1.54, 1.807) is 0 Å². The van der Waals surface area contributed by atoms with Crippen LogP contribution in [0.4, 0.5) is 13.2 Å². The molecule has 0 saturated carbocycles. The van der Waals surface area contributed by atoms with Gasteiger partial charge in [-0.05, 0) is 12.0 Å². The number of nitrogens with one attached hydrogen (secondary N) is 2. The lowest BCUT2D eigenvalue weighted by Gasteiger charge is -2.12. The van der Waals surface area contributed by atoms with E-state index in [0.29, 0.717) is 16.8 Å². The molecule has 122 valence electrons. The summed E-state index contributed by atoms with van der Waals surface area (Å²) in [7, 11) is 0. The van der Waals surface area contributed by atoms with E-state index in [9.17, 15) is 27.6 Å². The summed E-state index contributed by atoms with van der Waals surface area (Å²) >= 11 is 0. The summed E-state index contributed by atoms with van der Waals surface area (Å²) in [6.07, 6.45) is -3.88. The zero-order valence-corrected chi connectivity index (χ0v) is 12.0. The smallest absolute Gasteiger partial charge is 0.305 e. The molecular formula is C13H16F3N3O3. The number of hydrogen-bond acceptors (Lipinski definition) is 3. The van der Waals surface area contributed by atoms with Gasteiger partial charge in [0.25, 0.3) is 11.5 Å². The van der Waals surface area contributed by atoms with Gasteiger partial charge in [-0.2, -0.15) is 13.2 Å². The molecule has 0 unspecified atom stereocenters. The van der Waals surface area contributed by atoms with Crippen LogP contribution >= 0.6 is 0 Å². The molecule has 1 aromatic heterocycles. The predicted molar refractivity (Wildman–Crippen MR) is 71.4 cm³/mol. The van der Waals surface area contributed by atoms with E-state index in [2.05, 4.69) is 5.43 Å². The summed E-state index contributed by atoms with van der Waals surface area (Å²) in [4.78, 5) is 34.3. The van der Waals surface area contributed by atoms with Crippen LogP contribution in [0.5, 0.6) is 0 Å². The highest BCUT2D eigenvalue weighted by Gasteiger charge is 2.31. The fourth-order valence-electron chi connectivity index (χ4n) is 1.58. The number of carbonyl (C=O) groups excluding carboxylic acids is 2. The second kappa shape index (κ2) is 7.10. The highest BCUT2D eigenvalue weighted by atomic mass is 19.4. The van der Waals surface area contributed by atoms with Crippen LogP contribution in [-0.2, 0) is 22.3 Å². The van der Waals surface area contributed by atoms with Gasteiger partial charge in [-0.25, -0.2) is 0 Å². The average Bonchev–Trinajstić information content (AvgIpc) is 2.37. The number of nitrogens with zero attached hydrogens (tertiary/aromatic N) is 1. The van der Waals surface area contributed by atoms with Gasteiger partial charge < -0.3 is 4.57 Å². The van der Waals surface area contributed by atoms with Crippen molar-refractivity contribution in [1.29, 1.82) is 0 Å². The van der Waals surface area contributed by atoms with E-state index in [4.69, 9.17) is 0 Å². The van der Waals surface area contributed by atoms with E-state index in [-0.39, 0.29) is 12.3 Å². The van der Waals surface area contributed by atoms with Gasteiger partial charge in [0.2, 0.25) is 5.91 Å². The molecular weight excluding hydrogens is 303 g/mol. The lowest BCUT2D eigenvalue weighted by molar-refractivity contribution is -0.138. The van der Waals surface area contributed by atoms with Gasteiger partial charge in [0.1, 0.15) is 6.54 Å². The summed E-state index contributed by atoms with van der Waals surface area (Å²) in [5.74, 6) is -1.15. The van der Waals surface area contributed by atoms with Crippen LogP contribution in [0.3, 0.4) is 0 Å². The Balaban J connectivity index is 2.68. The van der Waals surface area contributed by atoms with E-state index >= 15 is 0 Å². The molecule has 1 heterocycles. The number of carbonyl (C=O) groups is 2. The number of rotatable bonds is 4. The zero-order valence-electron chi connectivity index (χ0n) is 12.0. The first-order valence-electron chi connectivity index (χ1n) is 6.45. The molecule has 1 rings (SSSR count). The highest BCUT2D eigenvalue weighted by Crippen LogP contribution is 2.27. The predicted octanol–water partition coefficient (Wildman–Crippen LogP) is 1.06. The molecule has 9 heteroatoms. The first-order chi connectivity index (χ1) is 10.1. The molecule has 0 spiro atoms. The van der Waals surface area contributed by atoms with Gasteiger partial charge in [0.15, 0.2) is 0 Å². The van der Waals surface area contributed by atoms with Crippen LogP contribution in [-0.4, -0.2) is 16.4 Å². The normalized spacial score (nSPS) is 11.4. The van der Waals surface area contributed by atoms with Crippen LogP contribution in [0.25, 0.3) is 0 Å². The van der Waals surface area contributed by atoms with Gasteiger partial charge in [-0.1, -0.05) is 13.8 Å². The maximum atomic E-state index is 12.5. The lowest BCUT2D eigenvalue weighted by Crippen LogP contribution is -2.44. The Morgan fingerprint density at radius 2 is 1.77 bits per heavy atom. The Bertz CT molecular complexity index is 609. The largest absolute Gasteiger partial charge is 0.417 e. The average molecular weight is 319 g/mol. The van der Waals surface area contributed by atoms with Gasteiger partial charge in [-0.3, -0.25) is 25.2 Å². The zero-order chi connectivity index (χ0) is 16.9. The van der Waals surface area contributed by atoms with E-state index in [1.807, 2.05) is 19.3 Å². The molecule has 0 fully saturated rings. The van der Waals surface area contributed by atoms with Crippen molar-refractivity contribution in [3.63, 3.8) is 0 Å². The fraction of sp³-hybridized carbons (Fsp3) is 0.462. The third kappa shape index (κ3) is 5.58. The van der Waals surface area contributed by atoms with Crippen molar-refractivity contribution < 1.29 is 22.8 Å². The minimum atomic E-state index is -4.61. The van der Waals surface area contributed by atoms with Crippen molar-refractivity contribution in [2.45, 2.75) is 33.0 Å². The Kier molecular flexibility index (Phi) is 5.72. The second-order valence-corrected chi connectivity index (χ2v) is 5.08. The third-order valence-electron chi connectivity index (χ3n) is 2.56. The van der Waals surface area contributed by atoms with Gasteiger partial charge in [0, 0.05) is 18.7 Å². The van der Waals surface area contributed by atoms with Crippen molar-refractivity contribution in [2.24, 2.45) is 5.92 Å². The minimum absolute atomic E-state index is 0.0861. The topological polar surface area (TPSA) is 80.2 Å². The van der Waals surface area contributed by atoms with Crippen LogP contribution in [0.15, 0.2) is 23.1 Å². The van der Waals surface area contributed by atoms with Crippen molar-refractivity contribution in [1.82, 2.24) is 15.4 Å². The molecule has 0 aromatic carbocycles. The number of hydrazine groups is 1. The van der Waals surface area contributed by atoms with Crippen LogP contribution < -0.4 is 16.4 Å². The van der Waals surface area contributed by atoms with Crippen molar-refractivity contribution in [2.75, 3.05) is 0 Å². The van der Waals surface area contributed by atoms with Gasteiger partial charge >= 0.3 is 6.18 Å². The summed E-state index contributed by atoms with van der Waals surface area (Å²) < 4.78 is 38.2. The minimum Gasteiger partial charge on any atom is -0.305 e. The molecule has 0 bridgehead atoms. The fourth-order valence-corrected chi connectivity index (χ4v) is 1.58. The Labute approximate surface area is 124 Å². The van der Waals surface area contributed by atoms with Crippen LogP contribution in [0.1, 0.15) is 25.8 Å². The summed E-state index contributed by atoms with van der Waals surface area (Å²) in [6.45, 7) is 2.98. The SMILES string of the molecule is CC(C)CC(=O)NNC(=O)Cn1cc(C(F)(F)F)ccc1=O. The maximum Gasteiger partial charge on any atom is 0.417 e. The summed E-state index contributed by atoms with van der Waals surface area (Å²) in [5.41, 5.74) is 2.37. The number of pyridine rings is 1. The molecule has 0 atom stereocenters. The van der Waals surface area contributed by atoms with Gasteiger partial charge in [0.05, 0.1) is 5.56 Å². The quantitative estimate of drug-likeness (QED) is 0.815. The Hall–Kier alpha value is -2.32. The lowest BCUT2D eigenvalue weighted by atomic mass is 10.1. The molecule has 0 saturated heterocycles. The van der Waals surface area contributed by atoms with E-state index < -0.39 is 35.7 Å². The number of halogens is 3. The van der Waals surface area contributed by atoms with Crippen molar-refractivity contribution >= 4 is 11.8 Å². The molecule has 1 aromatic rings. The van der Waals surface area contributed by atoms with E-state index in [0.717, 1.165) is 6.07 Å². The first kappa shape index (κ1) is 17.7. The van der Waals surface area contributed by atoms with E-state index in [1.165, 1.54) is 0 Å². The third-order valence-corrected chi connectivity index (χ3v) is 2.56.